The monoisotopic (exact) mass is 407 g/mol. The number of hydrogen-bond donors (Lipinski definition) is 2. The summed E-state index contributed by atoms with van der Waals surface area (Å²) in [5.74, 6) is 0.959. The molecule has 0 spiro atoms. The van der Waals surface area contributed by atoms with Crippen molar-refractivity contribution in [2.45, 2.75) is 38.3 Å². The van der Waals surface area contributed by atoms with Gasteiger partial charge in [0.1, 0.15) is 0 Å². The number of amides is 1. The van der Waals surface area contributed by atoms with Crippen molar-refractivity contribution in [3.05, 3.63) is 34.9 Å². The van der Waals surface area contributed by atoms with Crippen molar-refractivity contribution >= 4 is 42.3 Å². The minimum absolute atomic E-state index is 0. The van der Waals surface area contributed by atoms with Crippen LogP contribution in [0.2, 0.25) is 5.02 Å². The predicted octanol–water partition coefficient (Wildman–Crippen LogP) is 3.26. The van der Waals surface area contributed by atoms with Crippen LogP contribution in [0.4, 0.5) is 0 Å². The molecule has 1 heterocycles. The molecule has 1 aliphatic heterocycles. The molecule has 2 N–H and O–H groups in total. The molecule has 0 bridgehead atoms. The van der Waals surface area contributed by atoms with E-state index < -0.39 is 0 Å². The van der Waals surface area contributed by atoms with E-state index in [2.05, 4.69) is 27.7 Å². The second kappa shape index (κ2) is 11.2. The summed E-state index contributed by atoms with van der Waals surface area (Å²) in [6.07, 6.45) is 4.70. The zero-order valence-corrected chi connectivity index (χ0v) is 16.8. The number of halogens is 3. The number of rotatable bonds is 7. The first-order valence-electron chi connectivity index (χ1n) is 8.66. The van der Waals surface area contributed by atoms with Gasteiger partial charge in [-0.2, -0.15) is 0 Å². The highest BCUT2D eigenvalue weighted by Crippen LogP contribution is 2.27. The molecule has 1 aromatic rings. The molecule has 1 aromatic carbocycles. The number of likely N-dealkylation sites (tertiary alicyclic amines) is 1. The standard InChI is InChI=1S/C18H26ClN3O.2ClH/c19-16-5-3-15(4-6-16)13-22-9-7-17(8-10-22)21-18(23)12-20-11-14-1-2-14;;/h3-6,14,17,20H,1-2,7-13H2,(H,21,23);2*1H. The van der Waals surface area contributed by atoms with Gasteiger partial charge in [-0.05, 0) is 55.8 Å². The summed E-state index contributed by atoms with van der Waals surface area (Å²) in [6.45, 7) is 4.47. The van der Waals surface area contributed by atoms with Crippen molar-refractivity contribution in [2.24, 2.45) is 5.92 Å². The van der Waals surface area contributed by atoms with Gasteiger partial charge in [0.05, 0.1) is 6.54 Å². The maximum atomic E-state index is 11.9. The highest BCUT2D eigenvalue weighted by molar-refractivity contribution is 6.30. The highest BCUT2D eigenvalue weighted by atomic mass is 35.5. The molecule has 2 aliphatic rings. The van der Waals surface area contributed by atoms with Gasteiger partial charge >= 0.3 is 0 Å². The molecular weight excluding hydrogens is 381 g/mol. The number of nitrogens with one attached hydrogen (secondary N) is 2. The molecule has 0 radical (unpaired) electrons. The Balaban J connectivity index is 0.00000156. The Morgan fingerprint density at radius 3 is 2.32 bits per heavy atom. The van der Waals surface area contributed by atoms with Gasteiger partial charge < -0.3 is 10.6 Å². The second-order valence-corrected chi connectivity index (χ2v) is 7.26. The van der Waals surface area contributed by atoms with Crippen LogP contribution in [0, 0.1) is 5.92 Å². The molecule has 4 nitrogen and oxygen atoms in total. The molecule has 7 heteroatoms. The van der Waals surface area contributed by atoms with Crippen LogP contribution in [-0.2, 0) is 11.3 Å². The van der Waals surface area contributed by atoms with E-state index in [1.54, 1.807) is 0 Å². The molecule has 25 heavy (non-hydrogen) atoms. The number of hydrogen-bond acceptors (Lipinski definition) is 3. The van der Waals surface area contributed by atoms with Crippen LogP contribution in [0.1, 0.15) is 31.2 Å². The van der Waals surface area contributed by atoms with Crippen LogP contribution in [0.25, 0.3) is 0 Å². The molecule has 1 aliphatic carbocycles. The van der Waals surface area contributed by atoms with Gasteiger partial charge in [-0.25, -0.2) is 0 Å². The van der Waals surface area contributed by atoms with Crippen LogP contribution in [0.3, 0.4) is 0 Å². The number of carbonyl (C=O) groups is 1. The van der Waals surface area contributed by atoms with E-state index in [0.29, 0.717) is 12.6 Å². The van der Waals surface area contributed by atoms with Crippen molar-refractivity contribution in [3.8, 4) is 0 Å². The Morgan fingerprint density at radius 2 is 1.72 bits per heavy atom. The highest BCUT2D eigenvalue weighted by Gasteiger charge is 2.22. The average Bonchev–Trinajstić information content (AvgIpc) is 3.36. The molecule has 0 unspecified atom stereocenters. The Morgan fingerprint density at radius 1 is 1.08 bits per heavy atom. The van der Waals surface area contributed by atoms with Gasteiger partial charge in [0.15, 0.2) is 0 Å². The Labute approximate surface area is 167 Å². The third kappa shape index (κ3) is 8.14. The molecule has 2 fully saturated rings. The van der Waals surface area contributed by atoms with Crippen molar-refractivity contribution in [2.75, 3.05) is 26.2 Å². The molecule has 0 atom stereocenters. The average molecular weight is 409 g/mol. The summed E-state index contributed by atoms with van der Waals surface area (Å²) in [7, 11) is 0. The number of benzene rings is 1. The van der Waals surface area contributed by atoms with Crippen molar-refractivity contribution in [3.63, 3.8) is 0 Å². The summed E-state index contributed by atoms with van der Waals surface area (Å²) in [5, 5.41) is 7.19. The Hall–Kier alpha value is -0.520. The van der Waals surface area contributed by atoms with Gasteiger partial charge in [0, 0.05) is 30.7 Å². The zero-order chi connectivity index (χ0) is 16.1. The van der Waals surface area contributed by atoms with E-state index in [1.807, 2.05) is 12.1 Å². The van der Waals surface area contributed by atoms with E-state index >= 15 is 0 Å². The number of carbonyl (C=O) groups excluding carboxylic acids is 1. The largest absolute Gasteiger partial charge is 0.352 e. The fraction of sp³-hybridized carbons (Fsp3) is 0.611. The summed E-state index contributed by atoms with van der Waals surface area (Å²) >= 11 is 5.92. The van der Waals surface area contributed by atoms with Gasteiger partial charge in [-0.15, -0.1) is 24.8 Å². The SMILES string of the molecule is Cl.Cl.O=C(CNCC1CC1)NC1CCN(Cc2ccc(Cl)cc2)CC1. The minimum Gasteiger partial charge on any atom is -0.352 e. The normalized spacial score (nSPS) is 18.1. The fourth-order valence-corrected chi connectivity index (χ4v) is 3.20. The van der Waals surface area contributed by atoms with Crippen molar-refractivity contribution in [1.29, 1.82) is 0 Å². The van der Waals surface area contributed by atoms with E-state index in [9.17, 15) is 4.79 Å². The maximum absolute atomic E-state index is 11.9. The van der Waals surface area contributed by atoms with Crippen molar-refractivity contribution < 1.29 is 4.79 Å². The summed E-state index contributed by atoms with van der Waals surface area (Å²) in [5.41, 5.74) is 1.29. The Kier molecular flexibility index (Phi) is 10.1. The lowest BCUT2D eigenvalue weighted by Crippen LogP contribution is -2.46. The predicted molar refractivity (Wildman–Crippen MR) is 108 cm³/mol. The Bertz CT molecular complexity index is 515. The van der Waals surface area contributed by atoms with E-state index in [0.717, 1.165) is 50.0 Å². The van der Waals surface area contributed by atoms with Crippen LogP contribution in [-0.4, -0.2) is 43.0 Å². The quantitative estimate of drug-likeness (QED) is 0.728. The summed E-state index contributed by atoms with van der Waals surface area (Å²) < 4.78 is 0. The number of nitrogens with zero attached hydrogens (tertiary/aromatic N) is 1. The number of piperidine rings is 1. The first-order chi connectivity index (χ1) is 11.2. The second-order valence-electron chi connectivity index (χ2n) is 6.82. The first-order valence-corrected chi connectivity index (χ1v) is 9.04. The molecule has 1 saturated heterocycles. The first kappa shape index (κ1) is 22.5. The van der Waals surface area contributed by atoms with Crippen LogP contribution in [0.15, 0.2) is 24.3 Å². The molecular formula is C18H28Cl3N3O. The van der Waals surface area contributed by atoms with E-state index in [-0.39, 0.29) is 30.7 Å². The van der Waals surface area contributed by atoms with Gasteiger partial charge in [-0.1, -0.05) is 23.7 Å². The summed E-state index contributed by atoms with van der Waals surface area (Å²) in [4.78, 5) is 14.4. The molecule has 1 amide bonds. The lowest BCUT2D eigenvalue weighted by atomic mass is 10.0. The third-order valence-corrected chi connectivity index (χ3v) is 4.94. The summed E-state index contributed by atoms with van der Waals surface area (Å²) in [6, 6.07) is 8.38. The minimum atomic E-state index is 0. The molecule has 1 saturated carbocycles. The van der Waals surface area contributed by atoms with Crippen LogP contribution >= 0.6 is 36.4 Å². The molecule has 3 rings (SSSR count). The lowest BCUT2D eigenvalue weighted by molar-refractivity contribution is -0.121. The topological polar surface area (TPSA) is 44.4 Å². The van der Waals surface area contributed by atoms with Crippen LogP contribution in [0.5, 0.6) is 0 Å². The smallest absolute Gasteiger partial charge is 0.234 e. The van der Waals surface area contributed by atoms with Crippen molar-refractivity contribution in [1.82, 2.24) is 15.5 Å². The van der Waals surface area contributed by atoms with E-state index in [1.165, 1.54) is 18.4 Å². The maximum Gasteiger partial charge on any atom is 0.234 e. The zero-order valence-electron chi connectivity index (χ0n) is 14.4. The lowest BCUT2D eigenvalue weighted by Gasteiger charge is -2.32. The van der Waals surface area contributed by atoms with Gasteiger partial charge in [0.2, 0.25) is 5.91 Å². The van der Waals surface area contributed by atoms with Gasteiger partial charge in [0.25, 0.3) is 0 Å². The van der Waals surface area contributed by atoms with Gasteiger partial charge in [-0.3, -0.25) is 9.69 Å². The fourth-order valence-electron chi connectivity index (χ4n) is 3.07. The van der Waals surface area contributed by atoms with Crippen LogP contribution < -0.4 is 10.6 Å². The molecule has 142 valence electrons. The van der Waals surface area contributed by atoms with E-state index in [4.69, 9.17) is 11.6 Å². The third-order valence-electron chi connectivity index (χ3n) is 4.69. The molecule has 0 aromatic heterocycles.